The van der Waals surface area contributed by atoms with Crippen LogP contribution in [0.2, 0.25) is 0 Å². The first-order valence-corrected chi connectivity index (χ1v) is 6.56. The second-order valence-electron chi connectivity index (χ2n) is 5.29. The predicted molar refractivity (Wildman–Crippen MR) is 69.1 cm³/mol. The normalized spacial score (nSPS) is 29.9. The molecule has 2 aliphatic rings. The van der Waals surface area contributed by atoms with Crippen LogP contribution in [0.1, 0.15) is 36.0 Å². The fourth-order valence-corrected chi connectivity index (χ4v) is 3.24. The van der Waals surface area contributed by atoms with E-state index in [1.807, 2.05) is 6.21 Å². The van der Waals surface area contributed by atoms with Gasteiger partial charge in [0.25, 0.3) is 5.91 Å². The lowest BCUT2D eigenvalue weighted by Gasteiger charge is -2.16. The first-order chi connectivity index (χ1) is 8.83. The topological polar surface area (TPSA) is 54.4 Å². The Hall–Kier alpha value is -1.71. The van der Waals surface area contributed by atoms with Crippen LogP contribution in [0.25, 0.3) is 0 Å². The highest BCUT2D eigenvalue weighted by atomic mass is 16.2. The zero-order valence-electron chi connectivity index (χ0n) is 10.2. The number of hydrogen-bond acceptors (Lipinski definition) is 3. The summed E-state index contributed by atoms with van der Waals surface area (Å²) in [7, 11) is 0. The second-order valence-corrected chi connectivity index (χ2v) is 5.29. The quantitative estimate of drug-likeness (QED) is 0.653. The number of nitrogens with one attached hydrogen (secondary N) is 1. The van der Waals surface area contributed by atoms with Crippen LogP contribution in [0, 0.1) is 17.8 Å². The summed E-state index contributed by atoms with van der Waals surface area (Å²) < 4.78 is 0. The Kier molecular flexibility index (Phi) is 3.09. The summed E-state index contributed by atoms with van der Waals surface area (Å²) in [6.07, 6.45) is 10.5. The molecule has 0 unspecified atom stereocenters. The van der Waals surface area contributed by atoms with Crippen molar-refractivity contribution in [2.75, 3.05) is 0 Å². The molecular weight excluding hydrogens is 226 g/mol. The number of nitrogens with zero attached hydrogens (tertiary/aromatic N) is 2. The molecule has 2 aliphatic carbocycles. The Morgan fingerprint density at radius 1 is 1.33 bits per heavy atom. The Morgan fingerprint density at radius 3 is 2.83 bits per heavy atom. The fraction of sp³-hybridized carbons (Fsp3) is 0.500. The maximum Gasteiger partial charge on any atom is 0.271 e. The number of rotatable bonds is 3. The fourth-order valence-electron chi connectivity index (χ4n) is 3.24. The van der Waals surface area contributed by atoms with Crippen LogP contribution in [0.15, 0.2) is 29.6 Å². The number of fused-ring (bicyclic) bond motifs is 2. The molecule has 3 rings (SSSR count). The molecule has 0 aromatic carbocycles. The average molecular weight is 243 g/mol. The van der Waals surface area contributed by atoms with Crippen molar-refractivity contribution in [3.05, 3.63) is 30.1 Å². The van der Waals surface area contributed by atoms with E-state index in [4.69, 9.17) is 0 Å². The minimum Gasteiger partial charge on any atom is -0.267 e. The third-order valence-electron chi connectivity index (χ3n) is 4.17. The summed E-state index contributed by atoms with van der Waals surface area (Å²) >= 11 is 0. The van der Waals surface area contributed by atoms with E-state index in [0.717, 1.165) is 11.8 Å². The molecule has 0 spiro atoms. The van der Waals surface area contributed by atoms with Crippen molar-refractivity contribution in [2.45, 2.75) is 25.7 Å². The molecule has 18 heavy (non-hydrogen) atoms. The first kappa shape index (κ1) is 11.4. The smallest absolute Gasteiger partial charge is 0.267 e. The molecule has 1 amide bonds. The van der Waals surface area contributed by atoms with Crippen molar-refractivity contribution >= 4 is 12.1 Å². The molecule has 1 aromatic rings. The molecule has 94 valence electrons. The highest BCUT2D eigenvalue weighted by molar-refractivity contribution is 5.94. The lowest BCUT2D eigenvalue weighted by Crippen LogP contribution is -2.20. The van der Waals surface area contributed by atoms with E-state index in [-0.39, 0.29) is 5.91 Å². The third kappa shape index (κ3) is 2.28. The van der Waals surface area contributed by atoms with E-state index in [1.54, 1.807) is 24.5 Å². The van der Waals surface area contributed by atoms with E-state index in [9.17, 15) is 4.79 Å². The lowest BCUT2D eigenvalue weighted by atomic mass is 9.90. The van der Waals surface area contributed by atoms with E-state index >= 15 is 0 Å². The summed E-state index contributed by atoms with van der Waals surface area (Å²) in [5, 5.41) is 4.10. The van der Waals surface area contributed by atoms with Crippen molar-refractivity contribution < 1.29 is 4.79 Å². The molecular formula is C14H17N3O. The van der Waals surface area contributed by atoms with Gasteiger partial charge in [-0.25, -0.2) is 5.43 Å². The van der Waals surface area contributed by atoms with Gasteiger partial charge in [0, 0.05) is 24.2 Å². The number of amides is 1. The highest BCUT2D eigenvalue weighted by Crippen LogP contribution is 2.47. The summed E-state index contributed by atoms with van der Waals surface area (Å²) in [5.74, 6) is 2.11. The van der Waals surface area contributed by atoms with Gasteiger partial charge < -0.3 is 0 Å². The maximum atomic E-state index is 11.7. The molecule has 4 heteroatoms. The van der Waals surface area contributed by atoms with Crippen molar-refractivity contribution in [3.8, 4) is 0 Å². The SMILES string of the molecule is O=C(N/N=C\[C@@H]1C[C@H]2CC[C@@H]1C2)c1ccncc1. The second kappa shape index (κ2) is 4.88. The van der Waals surface area contributed by atoms with Crippen molar-refractivity contribution in [2.24, 2.45) is 22.9 Å². The number of pyridine rings is 1. The van der Waals surface area contributed by atoms with Gasteiger partial charge in [-0.2, -0.15) is 5.10 Å². The van der Waals surface area contributed by atoms with E-state index in [1.165, 1.54) is 25.7 Å². The molecule has 1 aromatic heterocycles. The number of carbonyl (C=O) groups is 1. The van der Waals surface area contributed by atoms with Gasteiger partial charge in [0.1, 0.15) is 0 Å². The standard InChI is InChI=1S/C14H17N3O/c18-14(11-3-5-15-6-4-11)17-16-9-13-8-10-1-2-12(13)7-10/h3-6,9-10,12-13H,1-2,7-8H2,(H,17,18)/b16-9-/t10-,12+,13-/m0/s1. The molecule has 2 fully saturated rings. The van der Waals surface area contributed by atoms with E-state index in [2.05, 4.69) is 15.5 Å². The van der Waals surface area contributed by atoms with Gasteiger partial charge in [0.15, 0.2) is 0 Å². The number of aromatic nitrogens is 1. The Morgan fingerprint density at radius 2 is 2.17 bits per heavy atom. The molecule has 0 saturated heterocycles. The molecule has 2 bridgehead atoms. The zero-order chi connectivity index (χ0) is 12.4. The van der Waals surface area contributed by atoms with Gasteiger partial charge in [-0.1, -0.05) is 6.42 Å². The largest absolute Gasteiger partial charge is 0.271 e. The van der Waals surface area contributed by atoms with Crippen molar-refractivity contribution in [3.63, 3.8) is 0 Å². The average Bonchev–Trinajstić information content (AvgIpc) is 3.02. The van der Waals surface area contributed by atoms with Crippen molar-refractivity contribution in [1.82, 2.24) is 10.4 Å². The number of hydrogen-bond donors (Lipinski definition) is 1. The van der Waals surface area contributed by atoms with Crippen LogP contribution in [-0.4, -0.2) is 17.1 Å². The molecule has 0 radical (unpaired) electrons. The number of carbonyl (C=O) groups excluding carboxylic acids is 1. The van der Waals surface area contributed by atoms with Gasteiger partial charge >= 0.3 is 0 Å². The molecule has 1 heterocycles. The molecule has 0 aliphatic heterocycles. The molecule has 1 N–H and O–H groups in total. The van der Waals surface area contributed by atoms with Crippen LogP contribution in [0.5, 0.6) is 0 Å². The van der Waals surface area contributed by atoms with Gasteiger partial charge in [-0.3, -0.25) is 9.78 Å². The summed E-state index contributed by atoms with van der Waals surface area (Å²) in [5.41, 5.74) is 3.18. The maximum absolute atomic E-state index is 11.7. The van der Waals surface area contributed by atoms with Crippen LogP contribution in [0.4, 0.5) is 0 Å². The van der Waals surface area contributed by atoms with Crippen LogP contribution in [-0.2, 0) is 0 Å². The Balaban J connectivity index is 1.54. The van der Waals surface area contributed by atoms with E-state index < -0.39 is 0 Å². The molecule has 2 saturated carbocycles. The zero-order valence-corrected chi connectivity index (χ0v) is 10.2. The van der Waals surface area contributed by atoms with Crippen LogP contribution in [0.3, 0.4) is 0 Å². The highest BCUT2D eigenvalue weighted by Gasteiger charge is 2.38. The van der Waals surface area contributed by atoms with Crippen molar-refractivity contribution in [1.29, 1.82) is 0 Å². The summed E-state index contributed by atoms with van der Waals surface area (Å²) in [6, 6.07) is 3.37. The van der Waals surface area contributed by atoms with Gasteiger partial charge in [0.05, 0.1) is 0 Å². The van der Waals surface area contributed by atoms with Gasteiger partial charge in [0.2, 0.25) is 0 Å². The predicted octanol–water partition coefficient (Wildman–Crippen LogP) is 2.23. The van der Waals surface area contributed by atoms with E-state index in [0.29, 0.717) is 11.5 Å². The van der Waals surface area contributed by atoms with Gasteiger partial charge in [-0.05, 0) is 49.1 Å². The lowest BCUT2D eigenvalue weighted by molar-refractivity contribution is 0.0954. The molecule has 3 atom stereocenters. The summed E-state index contributed by atoms with van der Waals surface area (Å²) in [4.78, 5) is 15.6. The van der Waals surface area contributed by atoms with Crippen LogP contribution >= 0.6 is 0 Å². The summed E-state index contributed by atoms with van der Waals surface area (Å²) in [6.45, 7) is 0. The minimum absolute atomic E-state index is 0.170. The molecule has 4 nitrogen and oxygen atoms in total. The minimum atomic E-state index is -0.170. The Labute approximate surface area is 107 Å². The van der Waals surface area contributed by atoms with Gasteiger partial charge in [-0.15, -0.1) is 0 Å². The Bertz CT molecular complexity index is 457. The number of hydrazone groups is 1. The first-order valence-electron chi connectivity index (χ1n) is 6.56. The monoisotopic (exact) mass is 243 g/mol. The third-order valence-corrected chi connectivity index (χ3v) is 4.17. The van der Waals surface area contributed by atoms with Crippen LogP contribution < -0.4 is 5.43 Å².